The summed E-state index contributed by atoms with van der Waals surface area (Å²) < 4.78 is 0. The largest absolute Gasteiger partial charge is 0.351 e. The molecule has 0 saturated heterocycles. The second-order valence-electron chi connectivity index (χ2n) is 2.09. The molecule has 2 amide bonds. The highest BCUT2D eigenvalue weighted by molar-refractivity contribution is 6.39. The van der Waals surface area contributed by atoms with E-state index in [-0.39, 0.29) is 0 Å². The number of para-hydroxylation sites is 1. The second-order valence-corrected chi connectivity index (χ2v) is 2.90. The Labute approximate surface area is 79.5 Å². The molecular weight excluding hydrogens is 199 g/mol. The highest BCUT2D eigenvalue weighted by atomic mass is 35.5. The van der Waals surface area contributed by atoms with E-state index in [4.69, 9.17) is 28.9 Å². The van der Waals surface area contributed by atoms with Crippen molar-refractivity contribution >= 4 is 34.9 Å². The smallest absolute Gasteiger partial charge is 0.316 e. The lowest BCUT2D eigenvalue weighted by atomic mass is 10.3. The fraction of sp³-hybridized carbons (Fsp3) is 0. The minimum absolute atomic E-state index is 0.341. The zero-order chi connectivity index (χ0) is 9.14. The number of hydrogen-bond donors (Lipinski definition) is 2. The Bertz CT molecular complexity index is 294. The van der Waals surface area contributed by atoms with Crippen molar-refractivity contribution in [1.29, 1.82) is 0 Å². The Morgan fingerprint density at radius 1 is 1.33 bits per heavy atom. The van der Waals surface area contributed by atoms with Crippen LogP contribution >= 0.6 is 23.2 Å². The summed E-state index contributed by atoms with van der Waals surface area (Å²) in [6, 6.07) is 4.21. The van der Waals surface area contributed by atoms with Crippen LogP contribution in [0.25, 0.3) is 0 Å². The first-order chi connectivity index (χ1) is 5.61. The Balaban J connectivity index is 3.04. The molecule has 0 unspecified atom stereocenters. The zero-order valence-electron chi connectivity index (χ0n) is 5.97. The third kappa shape index (κ3) is 2.03. The monoisotopic (exact) mass is 204 g/mol. The standard InChI is InChI=1S/C7H6Cl2N2O/c8-4-2-1-3-5(9)6(4)11-7(10)12/h1-3H,(H3,10,11,12). The van der Waals surface area contributed by atoms with E-state index in [1.54, 1.807) is 18.2 Å². The predicted molar refractivity (Wildman–Crippen MR) is 49.7 cm³/mol. The molecule has 0 aliphatic rings. The molecule has 0 fully saturated rings. The van der Waals surface area contributed by atoms with Crippen LogP contribution in [0, 0.1) is 0 Å². The number of urea groups is 1. The van der Waals surface area contributed by atoms with E-state index in [0.717, 1.165) is 0 Å². The Morgan fingerprint density at radius 2 is 1.83 bits per heavy atom. The first-order valence-electron chi connectivity index (χ1n) is 3.11. The van der Waals surface area contributed by atoms with Crippen LogP contribution in [0.15, 0.2) is 18.2 Å². The molecule has 0 heterocycles. The van der Waals surface area contributed by atoms with Gasteiger partial charge in [-0.3, -0.25) is 0 Å². The number of carbonyl (C=O) groups is 1. The van der Waals surface area contributed by atoms with Crippen LogP contribution in [0.4, 0.5) is 10.5 Å². The van der Waals surface area contributed by atoms with Crippen LogP contribution in [0.5, 0.6) is 0 Å². The van der Waals surface area contributed by atoms with Crippen molar-refractivity contribution in [3.63, 3.8) is 0 Å². The van der Waals surface area contributed by atoms with E-state index in [0.29, 0.717) is 15.7 Å². The molecule has 0 aliphatic heterocycles. The fourth-order valence-electron chi connectivity index (χ4n) is 0.740. The predicted octanol–water partition coefficient (Wildman–Crippen LogP) is 2.48. The number of benzene rings is 1. The van der Waals surface area contributed by atoms with Crippen LogP contribution in [0.2, 0.25) is 10.0 Å². The number of hydrogen-bond acceptors (Lipinski definition) is 1. The molecule has 0 atom stereocenters. The van der Waals surface area contributed by atoms with Crippen LogP contribution in [0.1, 0.15) is 0 Å². The summed E-state index contributed by atoms with van der Waals surface area (Å²) in [5, 5.41) is 3.04. The van der Waals surface area contributed by atoms with Crippen molar-refractivity contribution in [2.24, 2.45) is 5.73 Å². The minimum Gasteiger partial charge on any atom is -0.351 e. The molecule has 3 nitrogen and oxygen atoms in total. The van der Waals surface area contributed by atoms with E-state index in [9.17, 15) is 4.79 Å². The Hall–Kier alpha value is -0.930. The normalized spacial score (nSPS) is 9.50. The first kappa shape index (κ1) is 9.16. The molecule has 64 valence electrons. The van der Waals surface area contributed by atoms with E-state index in [1.807, 2.05) is 0 Å². The maximum absolute atomic E-state index is 10.5. The van der Waals surface area contributed by atoms with Gasteiger partial charge in [-0.2, -0.15) is 0 Å². The lowest BCUT2D eigenvalue weighted by Gasteiger charge is -2.05. The van der Waals surface area contributed by atoms with Gasteiger partial charge in [0.15, 0.2) is 0 Å². The van der Waals surface area contributed by atoms with Crippen molar-refractivity contribution < 1.29 is 4.79 Å². The summed E-state index contributed by atoms with van der Waals surface area (Å²) in [4.78, 5) is 10.5. The number of rotatable bonds is 1. The summed E-state index contributed by atoms with van der Waals surface area (Å²) in [6.45, 7) is 0. The summed E-state index contributed by atoms with van der Waals surface area (Å²) in [7, 11) is 0. The third-order valence-corrected chi connectivity index (χ3v) is 1.84. The Kier molecular flexibility index (Phi) is 2.78. The number of halogens is 2. The molecular formula is C7H6Cl2N2O. The van der Waals surface area contributed by atoms with Crippen LogP contribution < -0.4 is 11.1 Å². The summed E-state index contributed by atoms with van der Waals surface area (Å²) in [5.74, 6) is 0. The highest BCUT2D eigenvalue weighted by Crippen LogP contribution is 2.29. The highest BCUT2D eigenvalue weighted by Gasteiger charge is 2.05. The molecule has 0 spiro atoms. The molecule has 0 saturated carbocycles. The summed E-state index contributed by atoms with van der Waals surface area (Å²) in [6.07, 6.45) is 0. The second kappa shape index (κ2) is 3.65. The molecule has 1 aromatic carbocycles. The van der Waals surface area contributed by atoms with Gasteiger partial charge in [0.1, 0.15) is 0 Å². The third-order valence-electron chi connectivity index (χ3n) is 1.21. The van der Waals surface area contributed by atoms with Gasteiger partial charge in [-0.15, -0.1) is 0 Å². The number of carbonyl (C=O) groups excluding carboxylic acids is 1. The molecule has 0 radical (unpaired) electrons. The number of primary amides is 1. The van der Waals surface area contributed by atoms with Crippen molar-refractivity contribution in [2.45, 2.75) is 0 Å². The molecule has 1 aromatic rings. The molecule has 0 aliphatic carbocycles. The van der Waals surface area contributed by atoms with Crippen molar-refractivity contribution in [1.82, 2.24) is 0 Å². The average Bonchev–Trinajstić information content (AvgIpc) is 1.97. The number of anilines is 1. The number of nitrogens with one attached hydrogen (secondary N) is 1. The van der Waals surface area contributed by atoms with Crippen molar-refractivity contribution in [3.05, 3.63) is 28.2 Å². The van der Waals surface area contributed by atoms with Crippen LogP contribution in [-0.2, 0) is 0 Å². The average molecular weight is 205 g/mol. The van der Waals surface area contributed by atoms with Gasteiger partial charge in [0.25, 0.3) is 0 Å². The van der Waals surface area contributed by atoms with E-state index >= 15 is 0 Å². The van der Waals surface area contributed by atoms with Crippen molar-refractivity contribution in [3.8, 4) is 0 Å². The summed E-state index contributed by atoms with van der Waals surface area (Å²) >= 11 is 11.4. The van der Waals surface area contributed by atoms with Crippen LogP contribution in [-0.4, -0.2) is 6.03 Å². The number of amides is 2. The van der Waals surface area contributed by atoms with Gasteiger partial charge in [-0.25, -0.2) is 4.79 Å². The topological polar surface area (TPSA) is 55.1 Å². The van der Waals surface area contributed by atoms with E-state index in [1.165, 1.54) is 0 Å². The fourth-order valence-corrected chi connectivity index (χ4v) is 1.23. The van der Waals surface area contributed by atoms with Gasteiger partial charge in [-0.1, -0.05) is 29.3 Å². The van der Waals surface area contributed by atoms with Gasteiger partial charge in [0.05, 0.1) is 15.7 Å². The quantitative estimate of drug-likeness (QED) is 0.726. The van der Waals surface area contributed by atoms with E-state index in [2.05, 4.69) is 5.32 Å². The number of nitrogens with two attached hydrogens (primary N) is 1. The molecule has 0 aromatic heterocycles. The van der Waals surface area contributed by atoms with Crippen LogP contribution in [0.3, 0.4) is 0 Å². The SMILES string of the molecule is NC(=O)Nc1c(Cl)cccc1Cl. The van der Waals surface area contributed by atoms with Gasteiger partial charge < -0.3 is 11.1 Å². The lowest BCUT2D eigenvalue weighted by Crippen LogP contribution is -2.19. The maximum Gasteiger partial charge on any atom is 0.316 e. The molecule has 12 heavy (non-hydrogen) atoms. The maximum atomic E-state index is 10.5. The lowest BCUT2D eigenvalue weighted by molar-refractivity contribution is 0.259. The summed E-state index contributed by atoms with van der Waals surface area (Å²) in [5.41, 5.74) is 5.24. The Morgan fingerprint density at radius 3 is 2.25 bits per heavy atom. The first-order valence-corrected chi connectivity index (χ1v) is 3.87. The van der Waals surface area contributed by atoms with Crippen molar-refractivity contribution in [2.75, 3.05) is 5.32 Å². The van der Waals surface area contributed by atoms with Gasteiger partial charge in [0.2, 0.25) is 0 Å². The van der Waals surface area contributed by atoms with Gasteiger partial charge in [0, 0.05) is 0 Å². The zero-order valence-corrected chi connectivity index (χ0v) is 7.49. The molecule has 3 N–H and O–H groups in total. The van der Waals surface area contributed by atoms with Gasteiger partial charge >= 0.3 is 6.03 Å². The molecule has 5 heteroatoms. The molecule has 0 bridgehead atoms. The van der Waals surface area contributed by atoms with E-state index < -0.39 is 6.03 Å². The molecule has 1 rings (SSSR count). The van der Waals surface area contributed by atoms with Gasteiger partial charge in [-0.05, 0) is 12.1 Å². The minimum atomic E-state index is -0.690.